The number of carbonyl (C=O) groups is 1. The number of amides is 1. The molecule has 4 heteroatoms. The Morgan fingerprint density at radius 1 is 0.960 bits per heavy atom. The lowest BCUT2D eigenvalue weighted by molar-refractivity contribution is 0.102. The van der Waals surface area contributed by atoms with Crippen LogP contribution < -0.4 is 10.6 Å². The third-order valence-corrected chi connectivity index (χ3v) is 4.06. The van der Waals surface area contributed by atoms with E-state index in [0.29, 0.717) is 12.1 Å². The quantitative estimate of drug-likeness (QED) is 0.720. The Morgan fingerprint density at radius 3 is 2.40 bits per heavy atom. The fourth-order valence-corrected chi connectivity index (χ4v) is 2.66. The number of hydrogen-bond donors (Lipinski definition) is 2. The van der Waals surface area contributed by atoms with E-state index in [0.717, 1.165) is 22.5 Å². The first-order valence-electron chi connectivity index (χ1n) is 8.24. The summed E-state index contributed by atoms with van der Waals surface area (Å²) in [4.78, 5) is 16.7. The Balaban J connectivity index is 1.71. The van der Waals surface area contributed by atoms with E-state index in [2.05, 4.69) is 27.8 Å². The molecule has 0 aliphatic carbocycles. The van der Waals surface area contributed by atoms with Crippen molar-refractivity contribution in [3.63, 3.8) is 0 Å². The number of carbonyl (C=O) groups excluding carboxylic acids is 1. The van der Waals surface area contributed by atoms with Crippen LogP contribution in [0.5, 0.6) is 0 Å². The SMILES string of the molecule is Cc1cccc(C)c1NC(=O)c1cncc(NCc2ccccc2)c1. The third kappa shape index (κ3) is 4.23. The maximum Gasteiger partial charge on any atom is 0.257 e. The number of nitrogens with one attached hydrogen (secondary N) is 2. The molecule has 2 N–H and O–H groups in total. The Hall–Kier alpha value is -3.14. The van der Waals surface area contributed by atoms with Gasteiger partial charge in [-0.2, -0.15) is 0 Å². The number of benzene rings is 2. The third-order valence-electron chi connectivity index (χ3n) is 4.06. The van der Waals surface area contributed by atoms with Crippen molar-refractivity contribution in [2.75, 3.05) is 10.6 Å². The van der Waals surface area contributed by atoms with Crippen LogP contribution in [-0.2, 0) is 6.54 Å². The maximum absolute atomic E-state index is 12.6. The largest absolute Gasteiger partial charge is 0.380 e. The van der Waals surface area contributed by atoms with Crippen molar-refractivity contribution in [3.05, 3.63) is 89.2 Å². The van der Waals surface area contributed by atoms with Crippen LogP contribution in [0.2, 0.25) is 0 Å². The average Bonchev–Trinajstić information content (AvgIpc) is 2.64. The fourth-order valence-electron chi connectivity index (χ4n) is 2.66. The van der Waals surface area contributed by atoms with Crippen LogP contribution >= 0.6 is 0 Å². The number of pyridine rings is 1. The summed E-state index contributed by atoms with van der Waals surface area (Å²) in [7, 11) is 0. The van der Waals surface area contributed by atoms with E-state index in [1.165, 1.54) is 5.56 Å². The molecule has 126 valence electrons. The molecular formula is C21H21N3O. The van der Waals surface area contributed by atoms with Crippen LogP contribution in [0.4, 0.5) is 11.4 Å². The molecule has 0 atom stereocenters. The Labute approximate surface area is 147 Å². The molecule has 0 bridgehead atoms. The van der Waals surface area contributed by atoms with Crippen LogP contribution in [0.15, 0.2) is 67.0 Å². The molecule has 25 heavy (non-hydrogen) atoms. The van der Waals surface area contributed by atoms with Crippen molar-refractivity contribution in [2.24, 2.45) is 0 Å². The Kier molecular flexibility index (Phi) is 5.09. The highest BCUT2D eigenvalue weighted by atomic mass is 16.1. The summed E-state index contributed by atoms with van der Waals surface area (Å²) in [5.74, 6) is -0.159. The summed E-state index contributed by atoms with van der Waals surface area (Å²) in [6, 6.07) is 17.9. The Morgan fingerprint density at radius 2 is 1.68 bits per heavy atom. The van der Waals surface area contributed by atoms with E-state index >= 15 is 0 Å². The zero-order chi connectivity index (χ0) is 17.6. The summed E-state index contributed by atoms with van der Waals surface area (Å²) in [6.45, 7) is 4.65. The molecule has 0 saturated carbocycles. The monoisotopic (exact) mass is 331 g/mol. The van der Waals surface area contributed by atoms with E-state index in [4.69, 9.17) is 0 Å². The van der Waals surface area contributed by atoms with Crippen LogP contribution in [0, 0.1) is 13.8 Å². The van der Waals surface area contributed by atoms with Crippen molar-refractivity contribution in [2.45, 2.75) is 20.4 Å². The zero-order valence-electron chi connectivity index (χ0n) is 14.4. The van der Waals surface area contributed by atoms with E-state index < -0.39 is 0 Å². The molecular weight excluding hydrogens is 310 g/mol. The van der Waals surface area contributed by atoms with Crippen LogP contribution in [0.1, 0.15) is 27.0 Å². The van der Waals surface area contributed by atoms with Gasteiger partial charge in [0.1, 0.15) is 0 Å². The molecule has 0 radical (unpaired) electrons. The summed E-state index contributed by atoms with van der Waals surface area (Å²) >= 11 is 0. The van der Waals surface area contributed by atoms with Gasteiger partial charge < -0.3 is 10.6 Å². The van der Waals surface area contributed by atoms with Crippen LogP contribution in [0.25, 0.3) is 0 Å². The van der Waals surface area contributed by atoms with Gasteiger partial charge in [0.15, 0.2) is 0 Å². The first-order chi connectivity index (χ1) is 12.1. The normalized spacial score (nSPS) is 10.3. The van der Waals surface area contributed by atoms with E-state index in [1.807, 2.05) is 56.3 Å². The smallest absolute Gasteiger partial charge is 0.257 e. The minimum absolute atomic E-state index is 0.159. The van der Waals surface area contributed by atoms with Crippen molar-refractivity contribution in [1.29, 1.82) is 0 Å². The number of aromatic nitrogens is 1. The number of hydrogen-bond acceptors (Lipinski definition) is 3. The fraction of sp³-hybridized carbons (Fsp3) is 0.143. The van der Waals surface area contributed by atoms with Gasteiger partial charge >= 0.3 is 0 Å². The maximum atomic E-state index is 12.6. The van der Waals surface area contributed by atoms with Crippen molar-refractivity contribution in [1.82, 2.24) is 4.98 Å². The number of para-hydroxylation sites is 1. The lowest BCUT2D eigenvalue weighted by Gasteiger charge is -2.12. The molecule has 0 saturated heterocycles. The van der Waals surface area contributed by atoms with Gasteiger partial charge in [0.05, 0.1) is 11.3 Å². The molecule has 4 nitrogen and oxygen atoms in total. The number of nitrogens with zero attached hydrogens (tertiary/aromatic N) is 1. The molecule has 1 heterocycles. The zero-order valence-corrected chi connectivity index (χ0v) is 14.4. The summed E-state index contributed by atoms with van der Waals surface area (Å²) < 4.78 is 0. The summed E-state index contributed by atoms with van der Waals surface area (Å²) in [6.07, 6.45) is 3.30. The topological polar surface area (TPSA) is 54.0 Å². The highest BCUT2D eigenvalue weighted by molar-refractivity contribution is 6.05. The molecule has 1 amide bonds. The van der Waals surface area contributed by atoms with Gasteiger partial charge in [0.25, 0.3) is 5.91 Å². The summed E-state index contributed by atoms with van der Waals surface area (Å²) in [5.41, 5.74) is 5.46. The highest BCUT2D eigenvalue weighted by Crippen LogP contribution is 2.20. The molecule has 2 aromatic carbocycles. The van der Waals surface area contributed by atoms with Crippen molar-refractivity contribution < 1.29 is 4.79 Å². The second kappa shape index (κ2) is 7.62. The van der Waals surface area contributed by atoms with Gasteiger partial charge in [0, 0.05) is 24.6 Å². The number of aryl methyl sites for hydroxylation is 2. The first kappa shape index (κ1) is 16.7. The molecule has 3 aromatic rings. The van der Waals surface area contributed by atoms with Crippen LogP contribution in [0.3, 0.4) is 0 Å². The van der Waals surface area contributed by atoms with Gasteiger partial charge in [-0.3, -0.25) is 9.78 Å². The van der Waals surface area contributed by atoms with Gasteiger partial charge in [0.2, 0.25) is 0 Å². The molecule has 0 aliphatic rings. The minimum Gasteiger partial charge on any atom is -0.380 e. The first-order valence-corrected chi connectivity index (χ1v) is 8.24. The molecule has 0 aliphatic heterocycles. The van der Waals surface area contributed by atoms with Gasteiger partial charge in [-0.15, -0.1) is 0 Å². The van der Waals surface area contributed by atoms with Crippen molar-refractivity contribution in [3.8, 4) is 0 Å². The van der Waals surface area contributed by atoms with E-state index in [-0.39, 0.29) is 5.91 Å². The lowest BCUT2D eigenvalue weighted by Crippen LogP contribution is -2.14. The molecule has 0 fully saturated rings. The van der Waals surface area contributed by atoms with Crippen molar-refractivity contribution >= 4 is 17.3 Å². The second-order valence-corrected chi connectivity index (χ2v) is 6.02. The molecule has 0 unspecified atom stereocenters. The number of rotatable bonds is 5. The van der Waals surface area contributed by atoms with Gasteiger partial charge in [-0.1, -0.05) is 48.5 Å². The highest BCUT2D eigenvalue weighted by Gasteiger charge is 2.10. The predicted octanol–water partition coefficient (Wildman–Crippen LogP) is 4.56. The summed E-state index contributed by atoms with van der Waals surface area (Å²) in [5, 5.41) is 6.29. The van der Waals surface area contributed by atoms with Crippen LogP contribution in [-0.4, -0.2) is 10.9 Å². The van der Waals surface area contributed by atoms with Gasteiger partial charge in [-0.25, -0.2) is 0 Å². The molecule has 0 spiro atoms. The van der Waals surface area contributed by atoms with E-state index in [9.17, 15) is 4.79 Å². The second-order valence-electron chi connectivity index (χ2n) is 6.02. The molecule has 1 aromatic heterocycles. The number of anilines is 2. The van der Waals surface area contributed by atoms with Gasteiger partial charge in [-0.05, 0) is 36.6 Å². The molecule has 3 rings (SSSR count). The predicted molar refractivity (Wildman–Crippen MR) is 102 cm³/mol. The standard InChI is InChI=1S/C21H21N3O/c1-15-7-6-8-16(2)20(15)24-21(25)18-11-19(14-22-13-18)23-12-17-9-4-3-5-10-17/h3-11,13-14,23H,12H2,1-2H3,(H,24,25). The average molecular weight is 331 g/mol. The minimum atomic E-state index is -0.159. The lowest BCUT2D eigenvalue weighted by atomic mass is 10.1. The Bertz CT molecular complexity index is 855. The van der Waals surface area contributed by atoms with E-state index in [1.54, 1.807) is 12.4 Å².